The molecule has 0 aromatic heterocycles. The number of hydrogen-bond donors (Lipinski definition) is 1. The third kappa shape index (κ3) is 5.29. The number of carbonyl (C=O) groups is 2. The van der Waals surface area contributed by atoms with E-state index in [0.717, 1.165) is 11.6 Å². The number of primary sulfonamides is 1. The van der Waals surface area contributed by atoms with E-state index < -0.39 is 28.5 Å². The normalized spacial score (nSPS) is 12.3. The minimum Gasteiger partial charge on any atom is -0.452 e. The number of hydrogen-bond acceptors (Lipinski definition) is 5. The molecule has 9 heteroatoms. The Hall–Kier alpha value is -2.42. The van der Waals surface area contributed by atoms with E-state index in [1.807, 2.05) is 37.3 Å². The Balaban J connectivity index is 2.06. The smallest absolute Gasteiger partial charge is 0.340 e. The zero-order valence-electron chi connectivity index (χ0n) is 14.8. The van der Waals surface area contributed by atoms with Crippen LogP contribution in [0.5, 0.6) is 0 Å². The van der Waals surface area contributed by atoms with Crippen molar-refractivity contribution in [2.75, 3.05) is 13.7 Å². The van der Waals surface area contributed by atoms with Gasteiger partial charge in [-0.25, -0.2) is 18.4 Å². The quantitative estimate of drug-likeness (QED) is 0.735. The zero-order valence-corrected chi connectivity index (χ0v) is 16.3. The second kappa shape index (κ2) is 8.51. The highest BCUT2D eigenvalue weighted by molar-refractivity contribution is 7.89. The number of halogens is 1. The van der Waals surface area contributed by atoms with Gasteiger partial charge >= 0.3 is 5.97 Å². The van der Waals surface area contributed by atoms with Gasteiger partial charge in [-0.3, -0.25) is 4.79 Å². The topological polar surface area (TPSA) is 107 Å². The van der Waals surface area contributed by atoms with Crippen LogP contribution in [0.15, 0.2) is 53.4 Å². The second-order valence-corrected chi connectivity index (χ2v) is 7.82. The van der Waals surface area contributed by atoms with Crippen molar-refractivity contribution in [3.05, 3.63) is 64.7 Å². The summed E-state index contributed by atoms with van der Waals surface area (Å²) in [6, 6.07) is 12.6. The van der Waals surface area contributed by atoms with Crippen LogP contribution in [0.3, 0.4) is 0 Å². The van der Waals surface area contributed by atoms with Gasteiger partial charge in [-0.1, -0.05) is 41.9 Å². The molecule has 0 saturated carbocycles. The molecular formula is C18H19ClN2O5S. The molecule has 144 valence electrons. The van der Waals surface area contributed by atoms with Crippen molar-refractivity contribution in [1.29, 1.82) is 0 Å². The first-order valence-electron chi connectivity index (χ1n) is 7.91. The van der Waals surface area contributed by atoms with Crippen LogP contribution in [0.4, 0.5) is 0 Å². The van der Waals surface area contributed by atoms with Crippen molar-refractivity contribution < 1.29 is 22.7 Å². The molecule has 2 rings (SSSR count). The van der Waals surface area contributed by atoms with E-state index in [-0.39, 0.29) is 21.5 Å². The van der Waals surface area contributed by atoms with Crippen molar-refractivity contribution >= 4 is 33.5 Å². The van der Waals surface area contributed by atoms with Gasteiger partial charge in [-0.05, 0) is 30.7 Å². The number of carbonyl (C=O) groups excluding carboxylic acids is 2. The SMILES string of the molecule is C[C@@H](c1ccccc1)N(C)C(=O)COC(=O)c1cc(S(N)(=O)=O)ccc1Cl. The third-order valence-corrected chi connectivity index (χ3v) is 5.31. The molecule has 0 aliphatic rings. The summed E-state index contributed by atoms with van der Waals surface area (Å²) in [6.07, 6.45) is 0. The van der Waals surface area contributed by atoms with Crippen LogP contribution in [0.25, 0.3) is 0 Å². The van der Waals surface area contributed by atoms with E-state index in [0.29, 0.717) is 0 Å². The molecule has 0 bridgehead atoms. The number of likely N-dealkylation sites (N-methyl/N-ethyl adjacent to an activating group) is 1. The van der Waals surface area contributed by atoms with Crippen molar-refractivity contribution in [2.24, 2.45) is 5.14 Å². The molecule has 27 heavy (non-hydrogen) atoms. The van der Waals surface area contributed by atoms with Gasteiger partial charge in [-0.2, -0.15) is 0 Å². The number of benzene rings is 2. The molecule has 1 amide bonds. The van der Waals surface area contributed by atoms with E-state index in [2.05, 4.69) is 0 Å². The summed E-state index contributed by atoms with van der Waals surface area (Å²) >= 11 is 5.92. The molecule has 0 aliphatic carbocycles. The van der Waals surface area contributed by atoms with E-state index in [9.17, 15) is 18.0 Å². The highest BCUT2D eigenvalue weighted by atomic mass is 35.5. The fourth-order valence-electron chi connectivity index (χ4n) is 2.32. The molecule has 2 aromatic rings. The van der Waals surface area contributed by atoms with Crippen molar-refractivity contribution in [3.63, 3.8) is 0 Å². The van der Waals surface area contributed by atoms with Crippen molar-refractivity contribution in [3.8, 4) is 0 Å². The number of nitrogens with zero attached hydrogens (tertiary/aromatic N) is 1. The minimum atomic E-state index is -4.00. The largest absolute Gasteiger partial charge is 0.452 e. The van der Waals surface area contributed by atoms with E-state index in [1.54, 1.807) is 7.05 Å². The van der Waals surface area contributed by atoms with Gasteiger partial charge in [0.2, 0.25) is 10.0 Å². The van der Waals surface area contributed by atoms with Crippen LogP contribution in [-0.2, 0) is 19.6 Å². The van der Waals surface area contributed by atoms with E-state index in [4.69, 9.17) is 21.5 Å². The van der Waals surface area contributed by atoms with Crippen LogP contribution in [0.1, 0.15) is 28.9 Å². The standard InChI is InChI=1S/C18H19ClN2O5S/c1-12(13-6-4-3-5-7-13)21(2)17(22)11-26-18(23)15-10-14(27(20,24)25)8-9-16(15)19/h3-10,12H,11H2,1-2H3,(H2,20,24,25)/t12-/m0/s1. The number of sulfonamides is 1. The highest BCUT2D eigenvalue weighted by Crippen LogP contribution is 2.21. The van der Waals surface area contributed by atoms with Gasteiger partial charge in [0.05, 0.1) is 21.5 Å². The molecule has 0 heterocycles. The Labute approximate surface area is 162 Å². The maximum absolute atomic E-state index is 12.3. The molecule has 2 aromatic carbocycles. The van der Waals surface area contributed by atoms with Crippen LogP contribution in [-0.4, -0.2) is 38.8 Å². The van der Waals surface area contributed by atoms with Gasteiger partial charge in [0.15, 0.2) is 6.61 Å². The Morgan fingerprint density at radius 3 is 2.41 bits per heavy atom. The maximum Gasteiger partial charge on any atom is 0.340 e. The molecule has 2 N–H and O–H groups in total. The van der Waals surface area contributed by atoms with Gasteiger partial charge in [-0.15, -0.1) is 0 Å². The lowest BCUT2D eigenvalue weighted by molar-refractivity contribution is -0.135. The average molecular weight is 411 g/mol. The number of amides is 1. The zero-order chi connectivity index (χ0) is 20.2. The summed E-state index contributed by atoms with van der Waals surface area (Å²) in [7, 11) is -2.40. The minimum absolute atomic E-state index is 0.00847. The van der Waals surface area contributed by atoms with Crippen LogP contribution in [0.2, 0.25) is 5.02 Å². The molecule has 0 fully saturated rings. The lowest BCUT2D eigenvalue weighted by Crippen LogP contribution is -2.33. The summed E-state index contributed by atoms with van der Waals surface area (Å²) in [6.45, 7) is 1.34. The first kappa shape index (κ1) is 20.9. The summed E-state index contributed by atoms with van der Waals surface area (Å²) in [5.41, 5.74) is 0.748. The number of esters is 1. The fourth-order valence-corrected chi connectivity index (χ4v) is 3.05. The third-order valence-electron chi connectivity index (χ3n) is 4.07. The lowest BCUT2D eigenvalue weighted by Gasteiger charge is -2.25. The summed E-state index contributed by atoms with van der Waals surface area (Å²) in [5, 5.41) is 5.03. The van der Waals surface area contributed by atoms with Gasteiger partial charge < -0.3 is 9.64 Å². The van der Waals surface area contributed by atoms with Gasteiger partial charge in [0.1, 0.15) is 0 Å². The fraction of sp³-hybridized carbons (Fsp3) is 0.222. The summed E-state index contributed by atoms with van der Waals surface area (Å²) < 4.78 is 27.8. The predicted molar refractivity (Wildman–Crippen MR) is 101 cm³/mol. The molecule has 1 atom stereocenters. The van der Waals surface area contributed by atoms with E-state index >= 15 is 0 Å². The summed E-state index contributed by atoms with van der Waals surface area (Å²) in [4.78, 5) is 25.7. The Kier molecular flexibility index (Phi) is 6.59. The first-order valence-corrected chi connectivity index (χ1v) is 9.83. The number of rotatable bonds is 6. The van der Waals surface area contributed by atoms with Gasteiger partial charge in [0.25, 0.3) is 5.91 Å². The van der Waals surface area contributed by atoms with Crippen molar-refractivity contribution in [1.82, 2.24) is 4.90 Å². The number of ether oxygens (including phenoxy) is 1. The molecule has 0 aliphatic heterocycles. The summed E-state index contributed by atoms with van der Waals surface area (Å²) in [5.74, 6) is -1.34. The number of nitrogens with two attached hydrogens (primary N) is 1. The van der Waals surface area contributed by atoms with E-state index in [1.165, 1.54) is 17.0 Å². The van der Waals surface area contributed by atoms with Crippen LogP contribution in [0, 0.1) is 0 Å². The Bertz CT molecular complexity index is 947. The Morgan fingerprint density at radius 1 is 1.19 bits per heavy atom. The monoisotopic (exact) mass is 410 g/mol. The van der Waals surface area contributed by atoms with Gasteiger partial charge in [0, 0.05) is 7.05 Å². The second-order valence-electron chi connectivity index (χ2n) is 5.85. The van der Waals surface area contributed by atoms with Crippen molar-refractivity contribution in [2.45, 2.75) is 17.9 Å². The first-order chi connectivity index (χ1) is 12.6. The Morgan fingerprint density at radius 2 is 1.81 bits per heavy atom. The maximum atomic E-state index is 12.3. The average Bonchev–Trinajstić information content (AvgIpc) is 2.64. The molecule has 0 spiro atoms. The molecule has 7 nitrogen and oxygen atoms in total. The molecule has 0 unspecified atom stereocenters. The molecular weight excluding hydrogens is 392 g/mol. The molecule has 0 radical (unpaired) electrons. The van der Waals surface area contributed by atoms with Crippen LogP contribution < -0.4 is 5.14 Å². The highest BCUT2D eigenvalue weighted by Gasteiger charge is 2.21. The lowest BCUT2D eigenvalue weighted by atomic mass is 10.1. The predicted octanol–water partition coefficient (Wildman–Crippen LogP) is 2.36. The van der Waals surface area contributed by atoms with Crippen LogP contribution >= 0.6 is 11.6 Å². The molecule has 0 saturated heterocycles.